The standard InChI is InChI=1S/C21H38N2O4S/c1-17(2)10-14-23(15-11-18(3)4)28(24,25)22(5)13-12-19-8-9-20(26-6)21(16-19)27-7/h8-9,16-18H,10-15H2,1-7H3. The number of hydrogen-bond donors (Lipinski definition) is 0. The van der Waals surface area contributed by atoms with Crippen molar-refractivity contribution in [3.63, 3.8) is 0 Å². The second-order valence-corrected chi connectivity index (χ2v) is 10.1. The lowest BCUT2D eigenvalue weighted by atomic mass is 10.1. The van der Waals surface area contributed by atoms with Gasteiger partial charge in [-0.05, 0) is 48.8 Å². The van der Waals surface area contributed by atoms with Crippen LogP contribution in [0.25, 0.3) is 0 Å². The normalized spacial score (nSPS) is 12.4. The Morgan fingerprint density at radius 2 is 1.43 bits per heavy atom. The first-order valence-electron chi connectivity index (χ1n) is 10.0. The molecule has 1 aromatic carbocycles. The molecule has 0 saturated carbocycles. The van der Waals surface area contributed by atoms with Crippen molar-refractivity contribution >= 4 is 10.2 Å². The first-order chi connectivity index (χ1) is 13.1. The van der Waals surface area contributed by atoms with Gasteiger partial charge in [-0.3, -0.25) is 0 Å². The van der Waals surface area contributed by atoms with Crippen LogP contribution in [0.2, 0.25) is 0 Å². The number of methoxy groups -OCH3 is 2. The Labute approximate surface area is 172 Å². The second-order valence-electron chi connectivity index (χ2n) is 8.03. The molecule has 6 nitrogen and oxygen atoms in total. The molecule has 0 N–H and O–H groups in total. The van der Waals surface area contributed by atoms with Crippen LogP contribution < -0.4 is 9.47 Å². The van der Waals surface area contributed by atoms with Crippen LogP contribution in [0.4, 0.5) is 0 Å². The number of benzene rings is 1. The highest BCUT2D eigenvalue weighted by Crippen LogP contribution is 2.27. The fourth-order valence-corrected chi connectivity index (χ4v) is 4.17. The molecule has 0 radical (unpaired) electrons. The summed E-state index contributed by atoms with van der Waals surface area (Å²) in [6, 6.07) is 5.69. The maximum absolute atomic E-state index is 13.1. The molecule has 0 aliphatic rings. The molecule has 0 heterocycles. The number of hydrogen-bond acceptors (Lipinski definition) is 4. The molecular formula is C21H38N2O4S. The lowest BCUT2D eigenvalue weighted by Crippen LogP contribution is -2.44. The van der Waals surface area contributed by atoms with Crippen molar-refractivity contribution in [2.45, 2.75) is 47.0 Å². The highest BCUT2D eigenvalue weighted by atomic mass is 32.2. The van der Waals surface area contributed by atoms with E-state index in [1.54, 1.807) is 25.6 Å². The van der Waals surface area contributed by atoms with Gasteiger partial charge in [-0.25, -0.2) is 0 Å². The summed E-state index contributed by atoms with van der Waals surface area (Å²) < 4.78 is 39.9. The molecule has 7 heteroatoms. The molecule has 0 saturated heterocycles. The van der Waals surface area contributed by atoms with Crippen molar-refractivity contribution in [2.24, 2.45) is 11.8 Å². The Hall–Kier alpha value is -1.31. The van der Waals surface area contributed by atoms with Crippen molar-refractivity contribution in [3.05, 3.63) is 23.8 Å². The van der Waals surface area contributed by atoms with E-state index in [0.717, 1.165) is 18.4 Å². The predicted octanol–water partition coefficient (Wildman–Crippen LogP) is 3.82. The van der Waals surface area contributed by atoms with Crippen LogP contribution in [0.1, 0.15) is 46.1 Å². The van der Waals surface area contributed by atoms with Gasteiger partial charge in [-0.2, -0.15) is 17.0 Å². The third kappa shape index (κ3) is 7.60. The molecule has 1 aromatic rings. The minimum Gasteiger partial charge on any atom is -0.493 e. The van der Waals surface area contributed by atoms with E-state index in [0.29, 0.717) is 49.4 Å². The van der Waals surface area contributed by atoms with E-state index in [1.807, 2.05) is 18.2 Å². The second kappa shape index (κ2) is 11.6. The summed E-state index contributed by atoms with van der Waals surface area (Å²) in [5, 5.41) is 0. The zero-order chi connectivity index (χ0) is 21.3. The summed E-state index contributed by atoms with van der Waals surface area (Å²) >= 11 is 0. The summed E-state index contributed by atoms with van der Waals surface area (Å²) in [6.45, 7) is 10.0. The predicted molar refractivity (Wildman–Crippen MR) is 115 cm³/mol. The van der Waals surface area contributed by atoms with E-state index in [4.69, 9.17) is 9.47 Å². The molecule has 0 aliphatic heterocycles. The van der Waals surface area contributed by atoms with Crippen LogP contribution >= 0.6 is 0 Å². The molecule has 0 bridgehead atoms. The maximum atomic E-state index is 13.1. The fraction of sp³-hybridized carbons (Fsp3) is 0.714. The molecule has 162 valence electrons. The van der Waals surface area contributed by atoms with Gasteiger partial charge in [0.1, 0.15) is 0 Å². The van der Waals surface area contributed by atoms with Gasteiger partial charge in [0.25, 0.3) is 10.2 Å². The van der Waals surface area contributed by atoms with Crippen molar-refractivity contribution < 1.29 is 17.9 Å². The van der Waals surface area contributed by atoms with E-state index in [2.05, 4.69) is 27.7 Å². The highest BCUT2D eigenvalue weighted by molar-refractivity contribution is 7.86. The molecule has 0 aliphatic carbocycles. The van der Waals surface area contributed by atoms with Crippen LogP contribution in [0.3, 0.4) is 0 Å². The topological polar surface area (TPSA) is 59.1 Å². The minimum atomic E-state index is -3.48. The Morgan fingerprint density at radius 3 is 1.89 bits per heavy atom. The average Bonchev–Trinajstić information content (AvgIpc) is 2.64. The van der Waals surface area contributed by atoms with Crippen LogP contribution in [0.5, 0.6) is 11.5 Å². The molecule has 1 rings (SSSR count). The molecular weight excluding hydrogens is 376 g/mol. The fourth-order valence-electron chi connectivity index (χ4n) is 2.78. The Balaban J connectivity index is 2.83. The SMILES string of the molecule is COc1ccc(CCN(C)S(=O)(=O)N(CCC(C)C)CCC(C)C)cc1OC. The summed E-state index contributed by atoms with van der Waals surface area (Å²) in [5.41, 5.74) is 1.01. The molecule has 0 fully saturated rings. The van der Waals surface area contributed by atoms with E-state index >= 15 is 0 Å². The molecule has 0 amide bonds. The van der Waals surface area contributed by atoms with E-state index < -0.39 is 10.2 Å². The quantitative estimate of drug-likeness (QED) is 0.492. The van der Waals surface area contributed by atoms with Gasteiger partial charge in [0.05, 0.1) is 14.2 Å². The first kappa shape index (κ1) is 24.7. The van der Waals surface area contributed by atoms with Crippen molar-refractivity contribution in [1.29, 1.82) is 0 Å². The van der Waals surface area contributed by atoms with Gasteiger partial charge in [0, 0.05) is 26.7 Å². The lowest BCUT2D eigenvalue weighted by Gasteiger charge is -2.28. The van der Waals surface area contributed by atoms with Crippen molar-refractivity contribution in [2.75, 3.05) is 40.9 Å². The average molecular weight is 415 g/mol. The highest BCUT2D eigenvalue weighted by Gasteiger charge is 2.26. The zero-order valence-electron chi connectivity index (χ0n) is 18.6. The van der Waals surface area contributed by atoms with Gasteiger partial charge < -0.3 is 9.47 Å². The molecule has 0 unspecified atom stereocenters. The van der Waals surface area contributed by atoms with Gasteiger partial charge in [-0.15, -0.1) is 0 Å². The summed E-state index contributed by atoms with van der Waals surface area (Å²) in [4.78, 5) is 0. The zero-order valence-corrected chi connectivity index (χ0v) is 19.4. The molecule has 0 aromatic heterocycles. The minimum absolute atomic E-state index is 0.414. The number of ether oxygens (including phenoxy) is 2. The van der Waals surface area contributed by atoms with Crippen LogP contribution in [-0.4, -0.2) is 57.9 Å². The monoisotopic (exact) mass is 414 g/mol. The smallest absolute Gasteiger partial charge is 0.281 e. The Bertz CT molecular complexity index is 678. The molecule has 28 heavy (non-hydrogen) atoms. The van der Waals surface area contributed by atoms with Crippen LogP contribution in [0.15, 0.2) is 18.2 Å². The lowest BCUT2D eigenvalue weighted by molar-refractivity contribution is 0.326. The largest absolute Gasteiger partial charge is 0.493 e. The van der Waals surface area contributed by atoms with Gasteiger partial charge in [0.15, 0.2) is 11.5 Å². The molecule has 0 spiro atoms. The third-order valence-corrected chi connectivity index (χ3v) is 6.78. The number of rotatable bonds is 13. The maximum Gasteiger partial charge on any atom is 0.281 e. The van der Waals surface area contributed by atoms with Crippen molar-refractivity contribution in [1.82, 2.24) is 8.61 Å². The van der Waals surface area contributed by atoms with Crippen LogP contribution in [0, 0.1) is 11.8 Å². The first-order valence-corrected chi connectivity index (χ1v) is 11.4. The Morgan fingerprint density at radius 1 is 0.893 bits per heavy atom. The summed E-state index contributed by atoms with van der Waals surface area (Å²) in [6.07, 6.45) is 2.33. The molecule has 0 atom stereocenters. The van der Waals surface area contributed by atoms with Gasteiger partial charge >= 0.3 is 0 Å². The van der Waals surface area contributed by atoms with Gasteiger partial charge in [-0.1, -0.05) is 33.8 Å². The van der Waals surface area contributed by atoms with Gasteiger partial charge in [0.2, 0.25) is 0 Å². The van der Waals surface area contributed by atoms with E-state index in [1.165, 1.54) is 4.31 Å². The third-order valence-electron chi connectivity index (χ3n) is 4.80. The van der Waals surface area contributed by atoms with Crippen LogP contribution in [-0.2, 0) is 16.6 Å². The van der Waals surface area contributed by atoms with Crippen molar-refractivity contribution in [3.8, 4) is 11.5 Å². The summed E-state index contributed by atoms with van der Waals surface area (Å²) in [7, 11) is 1.37. The van der Waals surface area contributed by atoms with E-state index in [9.17, 15) is 8.42 Å². The number of nitrogens with zero attached hydrogens (tertiary/aromatic N) is 2. The van der Waals surface area contributed by atoms with E-state index in [-0.39, 0.29) is 0 Å². The number of likely N-dealkylation sites (N-methyl/N-ethyl adjacent to an activating group) is 1. The Kier molecular flexibility index (Phi) is 10.3. The summed E-state index contributed by atoms with van der Waals surface area (Å²) in [5.74, 6) is 2.25.